The Morgan fingerprint density at radius 3 is 2.64 bits per heavy atom. The fourth-order valence-electron chi connectivity index (χ4n) is 3.84. The summed E-state index contributed by atoms with van der Waals surface area (Å²) < 4.78 is 35.1. The van der Waals surface area contributed by atoms with Crippen LogP contribution in [0.2, 0.25) is 0 Å². The Hall–Kier alpha value is -1.15. The lowest BCUT2D eigenvalue weighted by Crippen LogP contribution is -2.51. The molecule has 1 atom stereocenters. The summed E-state index contributed by atoms with van der Waals surface area (Å²) in [5.41, 5.74) is 2.47. The molecule has 0 aromatic heterocycles. The van der Waals surface area contributed by atoms with Crippen molar-refractivity contribution < 1.29 is 13.2 Å². The van der Waals surface area contributed by atoms with Crippen LogP contribution < -0.4 is 9.62 Å². The van der Waals surface area contributed by atoms with Gasteiger partial charge in [0, 0.05) is 44.5 Å². The highest BCUT2D eigenvalue weighted by atomic mass is 32.2. The minimum absolute atomic E-state index is 0.00912. The van der Waals surface area contributed by atoms with Crippen LogP contribution in [0, 0.1) is 6.92 Å². The first kappa shape index (κ1) is 18.6. The van der Waals surface area contributed by atoms with Crippen LogP contribution in [0.4, 0.5) is 5.69 Å². The van der Waals surface area contributed by atoms with Crippen molar-refractivity contribution in [2.75, 3.05) is 38.3 Å². The van der Waals surface area contributed by atoms with Gasteiger partial charge in [-0.2, -0.15) is 17.4 Å². The van der Waals surface area contributed by atoms with Crippen molar-refractivity contribution in [2.45, 2.75) is 44.7 Å². The molecule has 1 N–H and O–H groups in total. The number of ether oxygens (including phenoxy) is 1. The summed E-state index contributed by atoms with van der Waals surface area (Å²) in [5.74, 6) is 0. The Labute approximate surface area is 151 Å². The number of piperidine rings is 1. The van der Waals surface area contributed by atoms with Crippen molar-refractivity contribution in [3.8, 4) is 0 Å². The number of aryl methyl sites for hydroxylation is 1. The van der Waals surface area contributed by atoms with E-state index in [2.05, 4.69) is 40.8 Å². The van der Waals surface area contributed by atoms with Gasteiger partial charge < -0.3 is 9.64 Å². The molecule has 0 radical (unpaired) electrons. The highest BCUT2D eigenvalue weighted by Crippen LogP contribution is 2.24. The van der Waals surface area contributed by atoms with Crippen molar-refractivity contribution >= 4 is 15.9 Å². The molecule has 0 bridgehead atoms. The fraction of sp³-hybridized carbons (Fsp3) is 0.667. The number of benzene rings is 1. The maximum atomic E-state index is 12.7. The maximum absolute atomic E-state index is 12.7. The van der Waals surface area contributed by atoms with Gasteiger partial charge in [-0.1, -0.05) is 12.1 Å². The molecule has 3 rings (SSSR count). The van der Waals surface area contributed by atoms with Gasteiger partial charge >= 0.3 is 0 Å². The number of hydrogen-bond donors (Lipinski definition) is 1. The molecule has 2 saturated heterocycles. The lowest BCUT2D eigenvalue weighted by molar-refractivity contribution is 0.148. The van der Waals surface area contributed by atoms with Crippen LogP contribution in [0.15, 0.2) is 24.3 Å². The number of methoxy groups -OCH3 is 1. The van der Waals surface area contributed by atoms with Gasteiger partial charge in [-0.05, 0) is 50.3 Å². The number of anilines is 1. The molecule has 2 fully saturated rings. The van der Waals surface area contributed by atoms with Crippen LogP contribution in [0.3, 0.4) is 0 Å². The summed E-state index contributed by atoms with van der Waals surface area (Å²) in [6.07, 6.45) is 3.44. The Balaban J connectivity index is 1.56. The zero-order valence-electron chi connectivity index (χ0n) is 15.1. The summed E-state index contributed by atoms with van der Waals surface area (Å²) in [5, 5.41) is 0. The van der Waals surface area contributed by atoms with E-state index in [-0.39, 0.29) is 12.1 Å². The second-order valence-corrected chi connectivity index (χ2v) is 8.74. The van der Waals surface area contributed by atoms with Crippen molar-refractivity contribution in [1.29, 1.82) is 0 Å². The van der Waals surface area contributed by atoms with Crippen LogP contribution in [-0.2, 0) is 14.9 Å². The maximum Gasteiger partial charge on any atom is 0.280 e. The minimum Gasteiger partial charge on any atom is -0.383 e. The van der Waals surface area contributed by atoms with Gasteiger partial charge in [0.05, 0.1) is 6.61 Å². The summed E-state index contributed by atoms with van der Waals surface area (Å²) in [6.45, 7) is 4.89. The quantitative estimate of drug-likeness (QED) is 0.834. The highest BCUT2D eigenvalue weighted by molar-refractivity contribution is 7.87. The van der Waals surface area contributed by atoms with E-state index in [4.69, 9.17) is 4.74 Å². The summed E-state index contributed by atoms with van der Waals surface area (Å²) in [7, 11) is -1.81. The summed E-state index contributed by atoms with van der Waals surface area (Å²) in [4.78, 5) is 2.33. The fourth-order valence-corrected chi connectivity index (χ4v) is 5.56. The Morgan fingerprint density at radius 2 is 1.96 bits per heavy atom. The van der Waals surface area contributed by atoms with Gasteiger partial charge in [-0.15, -0.1) is 0 Å². The van der Waals surface area contributed by atoms with Crippen LogP contribution in [0.1, 0.15) is 31.2 Å². The smallest absolute Gasteiger partial charge is 0.280 e. The topological polar surface area (TPSA) is 61.9 Å². The summed E-state index contributed by atoms with van der Waals surface area (Å²) >= 11 is 0. The summed E-state index contributed by atoms with van der Waals surface area (Å²) in [6, 6.07) is 8.45. The molecular weight excluding hydrogens is 338 g/mol. The van der Waals surface area contributed by atoms with Crippen LogP contribution in [0.25, 0.3) is 0 Å². The van der Waals surface area contributed by atoms with Gasteiger partial charge in [0.1, 0.15) is 0 Å². The molecule has 25 heavy (non-hydrogen) atoms. The molecule has 140 valence electrons. The van der Waals surface area contributed by atoms with Gasteiger partial charge in [-0.3, -0.25) is 0 Å². The predicted octanol–water partition coefficient (Wildman–Crippen LogP) is 1.91. The third-order valence-electron chi connectivity index (χ3n) is 5.17. The molecule has 0 spiro atoms. The highest BCUT2D eigenvalue weighted by Gasteiger charge is 2.35. The largest absolute Gasteiger partial charge is 0.383 e. The van der Waals surface area contributed by atoms with E-state index in [1.54, 1.807) is 11.4 Å². The molecule has 2 aliphatic rings. The second kappa shape index (κ2) is 8.03. The molecule has 2 aliphatic heterocycles. The first-order valence-corrected chi connectivity index (χ1v) is 10.5. The second-order valence-electron chi connectivity index (χ2n) is 7.09. The third-order valence-corrected chi connectivity index (χ3v) is 6.90. The van der Waals surface area contributed by atoms with Gasteiger partial charge in [0.2, 0.25) is 0 Å². The molecular formula is C18H29N3O3S. The molecule has 0 saturated carbocycles. The first-order valence-electron chi connectivity index (χ1n) is 9.09. The van der Waals surface area contributed by atoms with E-state index in [0.717, 1.165) is 38.8 Å². The third kappa shape index (κ3) is 4.53. The average Bonchev–Trinajstić information content (AvgIpc) is 3.05. The van der Waals surface area contributed by atoms with Gasteiger partial charge in [0.25, 0.3) is 10.2 Å². The number of rotatable bonds is 6. The molecule has 1 aromatic carbocycles. The van der Waals surface area contributed by atoms with Crippen molar-refractivity contribution in [1.82, 2.24) is 9.03 Å². The van der Waals surface area contributed by atoms with E-state index in [9.17, 15) is 8.42 Å². The zero-order chi connectivity index (χ0) is 17.9. The molecule has 2 heterocycles. The number of nitrogens with zero attached hydrogens (tertiary/aromatic N) is 2. The molecule has 6 nitrogen and oxygen atoms in total. The Bertz CT molecular complexity index is 672. The molecule has 1 aromatic rings. The van der Waals surface area contributed by atoms with Crippen molar-refractivity contribution in [2.24, 2.45) is 0 Å². The van der Waals surface area contributed by atoms with E-state index in [0.29, 0.717) is 13.2 Å². The SMILES string of the molecule is COC[C@@H]1CCCN1S(=O)(=O)NC1CCN(c2cccc(C)c2)CC1. The van der Waals surface area contributed by atoms with Crippen LogP contribution >= 0.6 is 0 Å². The zero-order valence-corrected chi connectivity index (χ0v) is 16.0. The van der Waals surface area contributed by atoms with Gasteiger partial charge in [0.15, 0.2) is 0 Å². The average molecular weight is 368 g/mol. The molecule has 0 aliphatic carbocycles. The van der Waals surface area contributed by atoms with E-state index in [1.807, 2.05) is 0 Å². The van der Waals surface area contributed by atoms with Crippen molar-refractivity contribution in [3.05, 3.63) is 29.8 Å². The molecule has 0 amide bonds. The van der Waals surface area contributed by atoms with E-state index >= 15 is 0 Å². The van der Waals surface area contributed by atoms with Crippen LogP contribution in [0.5, 0.6) is 0 Å². The Morgan fingerprint density at radius 1 is 1.20 bits per heavy atom. The normalized spacial score (nSPS) is 23.3. The number of hydrogen-bond acceptors (Lipinski definition) is 4. The lowest BCUT2D eigenvalue weighted by Gasteiger charge is -2.35. The first-order chi connectivity index (χ1) is 12.0. The van der Waals surface area contributed by atoms with Crippen LogP contribution in [-0.4, -0.2) is 58.2 Å². The van der Waals surface area contributed by atoms with E-state index in [1.165, 1.54) is 11.3 Å². The Kier molecular flexibility index (Phi) is 5.99. The van der Waals surface area contributed by atoms with Gasteiger partial charge in [-0.25, -0.2) is 0 Å². The predicted molar refractivity (Wildman–Crippen MR) is 100 cm³/mol. The van der Waals surface area contributed by atoms with Crippen molar-refractivity contribution in [3.63, 3.8) is 0 Å². The standard InChI is InChI=1S/C18H29N3O3S/c1-15-5-3-6-17(13-15)20-11-8-16(9-12-20)19-25(22,23)21-10-4-7-18(21)14-24-2/h3,5-6,13,16,18-19H,4,7-12,14H2,1-2H3/t18-/m0/s1. The lowest BCUT2D eigenvalue weighted by atomic mass is 10.1. The monoisotopic (exact) mass is 367 g/mol. The minimum atomic E-state index is -3.44. The molecule has 0 unspecified atom stereocenters. The number of nitrogens with one attached hydrogen (secondary N) is 1. The van der Waals surface area contributed by atoms with E-state index < -0.39 is 10.2 Å². The molecule has 7 heteroatoms.